The van der Waals surface area contributed by atoms with Crippen LogP contribution in [0.1, 0.15) is 18.1 Å². The summed E-state index contributed by atoms with van der Waals surface area (Å²) in [6, 6.07) is 14.4. The molecule has 3 aromatic rings. The van der Waals surface area contributed by atoms with Crippen LogP contribution < -0.4 is 14.8 Å². The fraction of sp³-hybridized carbons (Fsp3) is 0.318. The van der Waals surface area contributed by atoms with E-state index in [0.717, 1.165) is 23.6 Å². The minimum atomic E-state index is -0.395. The molecular weight excluding hydrogens is 338 g/mol. The molecule has 0 saturated heterocycles. The zero-order valence-electron chi connectivity index (χ0n) is 16.0. The van der Waals surface area contributed by atoms with Crippen molar-refractivity contribution in [3.8, 4) is 22.6 Å². The van der Waals surface area contributed by atoms with Crippen molar-refractivity contribution in [1.29, 1.82) is 0 Å². The summed E-state index contributed by atoms with van der Waals surface area (Å²) in [5.41, 5.74) is 4.44. The maximum atomic E-state index is 6.19. The number of benzene rings is 2. The summed E-state index contributed by atoms with van der Waals surface area (Å²) in [6.45, 7) is 6.17. The summed E-state index contributed by atoms with van der Waals surface area (Å²) in [4.78, 5) is 0. The standard InChI is InChI=1S/C22H25N3O2/c1-16-8-9-17(19(10-16)18-12-24-25(3)13-18)11-23-14-22(2)15-26-20-6-4-5-7-21(20)27-22/h4-10,12-13,23H,11,14-15H2,1-3H3. The topological polar surface area (TPSA) is 48.3 Å². The molecule has 27 heavy (non-hydrogen) atoms. The van der Waals surface area contributed by atoms with Crippen molar-refractivity contribution < 1.29 is 9.47 Å². The normalized spacial score (nSPS) is 18.5. The molecule has 140 valence electrons. The van der Waals surface area contributed by atoms with Gasteiger partial charge in [-0.15, -0.1) is 0 Å². The molecule has 0 saturated carbocycles. The molecule has 0 amide bonds. The predicted octanol–water partition coefficient (Wildman–Crippen LogP) is 3.72. The van der Waals surface area contributed by atoms with Crippen LogP contribution in [0.15, 0.2) is 54.9 Å². The molecular formula is C22H25N3O2. The van der Waals surface area contributed by atoms with Gasteiger partial charge in [0.05, 0.1) is 6.20 Å². The van der Waals surface area contributed by atoms with Crippen molar-refractivity contribution in [1.82, 2.24) is 15.1 Å². The van der Waals surface area contributed by atoms with Crippen LogP contribution in [0.3, 0.4) is 0 Å². The van der Waals surface area contributed by atoms with Gasteiger partial charge < -0.3 is 14.8 Å². The van der Waals surface area contributed by atoms with E-state index in [1.54, 1.807) is 0 Å². The van der Waals surface area contributed by atoms with Crippen molar-refractivity contribution in [3.63, 3.8) is 0 Å². The van der Waals surface area contributed by atoms with Gasteiger partial charge >= 0.3 is 0 Å². The number of nitrogens with one attached hydrogen (secondary N) is 1. The maximum Gasteiger partial charge on any atom is 0.162 e. The molecule has 1 aromatic heterocycles. The van der Waals surface area contributed by atoms with E-state index in [9.17, 15) is 0 Å². The molecule has 5 nitrogen and oxygen atoms in total. The second kappa shape index (κ2) is 7.08. The highest BCUT2D eigenvalue weighted by atomic mass is 16.6. The lowest BCUT2D eigenvalue weighted by Crippen LogP contribution is -2.49. The van der Waals surface area contributed by atoms with E-state index in [4.69, 9.17) is 9.47 Å². The molecule has 5 heteroatoms. The number of ether oxygens (including phenoxy) is 2. The second-order valence-corrected chi connectivity index (χ2v) is 7.45. The summed E-state index contributed by atoms with van der Waals surface area (Å²) < 4.78 is 13.9. The van der Waals surface area contributed by atoms with Gasteiger partial charge in [0.25, 0.3) is 0 Å². The van der Waals surface area contributed by atoms with E-state index in [0.29, 0.717) is 13.2 Å². The monoisotopic (exact) mass is 363 g/mol. The Labute approximate surface area is 159 Å². The third kappa shape index (κ3) is 3.83. The van der Waals surface area contributed by atoms with E-state index in [-0.39, 0.29) is 0 Å². The van der Waals surface area contributed by atoms with Crippen molar-refractivity contribution in [2.75, 3.05) is 13.2 Å². The van der Waals surface area contributed by atoms with Gasteiger partial charge in [0.1, 0.15) is 6.61 Å². The molecule has 1 atom stereocenters. The molecule has 2 heterocycles. The first-order valence-corrected chi connectivity index (χ1v) is 9.23. The van der Waals surface area contributed by atoms with E-state index in [1.807, 2.05) is 42.2 Å². The quantitative estimate of drug-likeness (QED) is 0.751. The third-order valence-corrected chi connectivity index (χ3v) is 4.83. The number of rotatable bonds is 5. The van der Waals surface area contributed by atoms with Crippen LogP contribution in [-0.4, -0.2) is 28.5 Å². The lowest BCUT2D eigenvalue weighted by atomic mass is 9.99. The zero-order chi connectivity index (χ0) is 18.9. The SMILES string of the molecule is Cc1ccc(CNCC2(C)COc3ccccc3O2)c(-c2cnn(C)c2)c1. The van der Waals surface area contributed by atoms with Crippen LogP contribution in [-0.2, 0) is 13.6 Å². The number of nitrogens with zero attached hydrogens (tertiary/aromatic N) is 2. The molecule has 1 aliphatic rings. The van der Waals surface area contributed by atoms with E-state index >= 15 is 0 Å². The number of hydrogen-bond acceptors (Lipinski definition) is 4. The minimum absolute atomic E-state index is 0.395. The molecule has 0 fully saturated rings. The summed E-state index contributed by atoms with van der Waals surface area (Å²) in [6.07, 6.45) is 3.96. The molecule has 1 aliphatic heterocycles. The number of hydrogen-bond donors (Lipinski definition) is 1. The average Bonchev–Trinajstić information content (AvgIpc) is 3.09. The molecule has 0 aliphatic carbocycles. The zero-order valence-corrected chi connectivity index (χ0v) is 16.0. The second-order valence-electron chi connectivity index (χ2n) is 7.45. The number of fused-ring (bicyclic) bond motifs is 1. The molecule has 0 radical (unpaired) electrons. The first-order chi connectivity index (χ1) is 13.0. The number of aromatic nitrogens is 2. The number of para-hydroxylation sites is 2. The lowest BCUT2D eigenvalue weighted by molar-refractivity contribution is 0.00673. The highest BCUT2D eigenvalue weighted by Crippen LogP contribution is 2.34. The lowest BCUT2D eigenvalue weighted by Gasteiger charge is -2.35. The molecule has 1 N–H and O–H groups in total. The van der Waals surface area contributed by atoms with Crippen molar-refractivity contribution in [3.05, 3.63) is 66.0 Å². The molecule has 1 unspecified atom stereocenters. The minimum Gasteiger partial charge on any atom is -0.485 e. The Bertz CT molecular complexity index is 950. The van der Waals surface area contributed by atoms with Crippen molar-refractivity contribution in [2.45, 2.75) is 26.0 Å². The summed E-state index contributed by atoms with van der Waals surface area (Å²) in [5.74, 6) is 1.62. The number of aryl methyl sites for hydroxylation is 2. The highest BCUT2D eigenvalue weighted by Gasteiger charge is 2.32. The molecule has 0 bridgehead atoms. The predicted molar refractivity (Wildman–Crippen MR) is 106 cm³/mol. The largest absolute Gasteiger partial charge is 0.485 e. The van der Waals surface area contributed by atoms with Gasteiger partial charge in [-0.25, -0.2) is 0 Å². The van der Waals surface area contributed by atoms with Crippen LogP contribution in [0.2, 0.25) is 0 Å². The van der Waals surface area contributed by atoms with Crippen LogP contribution in [0, 0.1) is 6.92 Å². The Morgan fingerprint density at radius 3 is 2.78 bits per heavy atom. The van der Waals surface area contributed by atoms with Crippen LogP contribution in [0.5, 0.6) is 11.5 Å². The van der Waals surface area contributed by atoms with Gasteiger partial charge in [0, 0.05) is 31.9 Å². The van der Waals surface area contributed by atoms with Gasteiger partial charge in [-0.1, -0.05) is 35.9 Å². The Morgan fingerprint density at radius 1 is 1.19 bits per heavy atom. The first kappa shape index (κ1) is 17.6. The van der Waals surface area contributed by atoms with Crippen molar-refractivity contribution in [2.24, 2.45) is 7.05 Å². The van der Waals surface area contributed by atoms with Gasteiger partial charge in [-0.2, -0.15) is 5.10 Å². The third-order valence-electron chi connectivity index (χ3n) is 4.83. The molecule has 2 aromatic carbocycles. The summed E-state index contributed by atoms with van der Waals surface area (Å²) in [5, 5.41) is 7.86. The van der Waals surface area contributed by atoms with Crippen LogP contribution >= 0.6 is 0 Å². The average molecular weight is 363 g/mol. The smallest absolute Gasteiger partial charge is 0.162 e. The Kier molecular flexibility index (Phi) is 4.62. The van der Waals surface area contributed by atoms with Gasteiger partial charge in [-0.3, -0.25) is 4.68 Å². The van der Waals surface area contributed by atoms with Crippen LogP contribution in [0.25, 0.3) is 11.1 Å². The fourth-order valence-corrected chi connectivity index (χ4v) is 3.40. The summed E-state index contributed by atoms with van der Waals surface area (Å²) in [7, 11) is 1.94. The first-order valence-electron chi connectivity index (χ1n) is 9.23. The Hall–Kier alpha value is -2.79. The molecule has 0 spiro atoms. The Morgan fingerprint density at radius 2 is 2.00 bits per heavy atom. The van der Waals surface area contributed by atoms with E-state index in [1.165, 1.54) is 16.7 Å². The van der Waals surface area contributed by atoms with Gasteiger partial charge in [0.2, 0.25) is 0 Å². The summed E-state index contributed by atoms with van der Waals surface area (Å²) >= 11 is 0. The molecule has 4 rings (SSSR count). The fourth-order valence-electron chi connectivity index (χ4n) is 3.40. The van der Waals surface area contributed by atoms with Crippen molar-refractivity contribution >= 4 is 0 Å². The maximum absolute atomic E-state index is 6.19. The van der Waals surface area contributed by atoms with Gasteiger partial charge in [-0.05, 0) is 37.1 Å². The Balaban J connectivity index is 1.45. The van der Waals surface area contributed by atoms with E-state index < -0.39 is 5.60 Å². The van der Waals surface area contributed by atoms with Gasteiger partial charge in [0.15, 0.2) is 17.1 Å². The highest BCUT2D eigenvalue weighted by molar-refractivity contribution is 5.66. The van der Waals surface area contributed by atoms with Crippen LogP contribution in [0.4, 0.5) is 0 Å². The van der Waals surface area contributed by atoms with E-state index in [2.05, 4.69) is 48.7 Å².